The van der Waals surface area contributed by atoms with Gasteiger partial charge in [0.05, 0.1) is 31.3 Å². The van der Waals surface area contributed by atoms with Gasteiger partial charge >= 0.3 is 12.1 Å². The smallest absolute Gasteiger partial charge is 0.409 e. The molecule has 1 saturated heterocycles. The van der Waals surface area contributed by atoms with Gasteiger partial charge in [-0.1, -0.05) is 30.3 Å². The number of hydrogen-bond donors (Lipinski definition) is 1. The lowest BCUT2D eigenvalue weighted by atomic mass is 10.1. The highest BCUT2D eigenvalue weighted by molar-refractivity contribution is 6.01. The number of fused-ring (bicyclic) bond motifs is 1. The second-order valence-electron chi connectivity index (χ2n) is 8.76. The molecule has 3 amide bonds. The van der Waals surface area contributed by atoms with Gasteiger partial charge in [0.2, 0.25) is 11.8 Å². The minimum Gasteiger partial charge on any atom is -0.472 e. The summed E-state index contributed by atoms with van der Waals surface area (Å²) in [6, 6.07) is 15.7. The van der Waals surface area contributed by atoms with Crippen molar-refractivity contribution in [1.29, 1.82) is 0 Å². The minimum atomic E-state index is -0.497. The summed E-state index contributed by atoms with van der Waals surface area (Å²) in [5.41, 5.74) is 2.03. The van der Waals surface area contributed by atoms with Crippen molar-refractivity contribution in [2.45, 2.75) is 13.5 Å². The number of piperazine rings is 1. The van der Waals surface area contributed by atoms with E-state index in [4.69, 9.17) is 14.2 Å². The van der Waals surface area contributed by atoms with Gasteiger partial charge in [-0.2, -0.15) is 0 Å². The first-order valence-corrected chi connectivity index (χ1v) is 12.6. The SMILES string of the molecule is CCOC(=O)N1CCN(C(=O)CNC(=O)c2cc3ccccc3nc2OCc2ccc(C(=O)OC)cc2)CC1. The van der Waals surface area contributed by atoms with E-state index < -0.39 is 18.0 Å². The molecule has 11 nitrogen and oxygen atoms in total. The largest absolute Gasteiger partial charge is 0.472 e. The van der Waals surface area contributed by atoms with Crippen molar-refractivity contribution in [3.8, 4) is 5.88 Å². The number of benzene rings is 2. The molecule has 39 heavy (non-hydrogen) atoms. The van der Waals surface area contributed by atoms with E-state index in [-0.39, 0.29) is 30.5 Å². The second-order valence-corrected chi connectivity index (χ2v) is 8.76. The molecule has 0 atom stereocenters. The summed E-state index contributed by atoms with van der Waals surface area (Å²) in [6.45, 7) is 3.38. The third-order valence-electron chi connectivity index (χ3n) is 6.24. The number of carbonyl (C=O) groups is 4. The van der Waals surface area contributed by atoms with Crippen LogP contribution in [0.3, 0.4) is 0 Å². The predicted octanol–water partition coefficient (Wildman–Crippen LogP) is 2.63. The average Bonchev–Trinajstić information content (AvgIpc) is 2.98. The lowest BCUT2D eigenvalue weighted by Gasteiger charge is -2.34. The van der Waals surface area contributed by atoms with Crippen LogP contribution in [0, 0.1) is 0 Å². The Hall–Kier alpha value is -4.67. The van der Waals surface area contributed by atoms with Gasteiger partial charge in [0, 0.05) is 31.6 Å². The topological polar surface area (TPSA) is 127 Å². The maximum absolute atomic E-state index is 13.2. The van der Waals surface area contributed by atoms with Crippen LogP contribution in [0.1, 0.15) is 33.2 Å². The van der Waals surface area contributed by atoms with Crippen LogP contribution >= 0.6 is 0 Å². The van der Waals surface area contributed by atoms with Gasteiger partial charge in [0.1, 0.15) is 12.2 Å². The molecule has 0 bridgehead atoms. The summed E-state index contributed by atoms with van der Waals surface area (Å²) in [7, 11) is 1.32. The van der Waals surface area contributed by atoms with Crippen molar-refractivity contribution in [3.05, 3.63) is 71.3 Å². The summed E-state index contributed by atoms with van der Waals surface area (Å²) >= 11 is 0. The predicted molar refractivity (Wildman–Crippen MR) is 141 cm³/mol. The summed E-state index contributed by atoms with van der Waals surface area (Å²) in [5.74, 6) is -1.07. The number of nitrogens with zero attached hydrogens (tertiary/aromatic N) is 3. The van der Waals surface area contributed by atoms with E-state index in [0.717, 1.165) is 10.9 Å². The van der Waals surface area contributed by atoms with E-state index in [1.165, 1.54) is 7.11 Å². The van der Waals surface area contributed by atoms with Crippen LogP contribution in [-0.2, 0) is 20.9 Å². The average molecular weight is 535 g/mol. The van der Waals surface area contributed by atoms with Gasteiger partial charge in [-0.05, 0) is 36.8 Å². The molecule has 3 aromatic rings. The molecule has 11 heteroatoms. The van der Waals surface area contributed by atoms with E-state index >= 15 is 0 Å². The summed E-state index contributed by atoms with van der Waals surface area (Å²) < 4.78 is 15.6. The first-order valence-electron chi connectivity index (χ1n) is 12.6. The first-order chi connectivity index (χ1) is 18.9. The molecule has 2 heterocycles. The minimum absolute atomic E-state index is 0.108. The summed E-state index contributed by atoms with van der Waals surface area (Å²) in [4.78, 5) is 57.1. The second kappa shape index (κ2) is 12.7. The molecule has 1 fully saturated rings. The number of ether oxygens (including phenoxy) is 3. The van der Waals surface area contributed by atoms with E-state index in [9.17, 15) is 19.2 Å². The van der Waals surface area contributed by atoms with Crippen molar-refractivity contribution in [2.75, 3.05) is 46.4 Å². The zero-order chi connectivity index (χ0) is 27.8. The molecule has 1 aliphatic rings. The molecule has 0 radical (unpaired) electrons. The van der Waals surface area contributed by atoms with Crippen molar-refractivity contribution >= 4 is 34.8 Å². The number of para-hydroxylation sites is 1. The zero-order valence-electron chi connectivity index (χ0n) is 21.8. The molecule has 4 rings (SSSR count). The Morgan fingerprint density at radius 2 is 1.64 bits per heavy atom. The van der Waals surface area contributed by atoms with E-state index in [1.54, 1.807) is 47.1 Å². The molecule has 1 aromatic heterocycles. The van der Waals surface area contributed by atoms with Crippen LogP contribution in [0.25, 0.3) is 10.9 Å². The Kier molecular flexibility index (Phi) is 8.93. The first kappa shape index (κ1) is 27.4. The summed E-state index contributed by atoms with van der Waals surface area (Å²) in [5, 5.41) is 3.42. The number of methoxy groups -OCH3 is 1. The van der Waals surface area contributed by atoms with Crippen LogP contribution < -0.4 is 10.1 Å². The van der Waals surface area contributed by atoms with Crippen LogP contribution in [0.5, 0.6) is 5.88 Å². The van der Waals surface area contributed by atoms with Crippen molar-refractivity contribution in [3.63, 3.8) is 0 Å². The molecule has 0 spiro atoms. The van der Waals surface area contributed by atoms with Crippen molar-refractivity contribution in [2.24, 2.45) is 0 Å². The lowest BCUT2D eigenvalue weighted by Crippen LogP contribution is -2.52. The number of esters is 1. The fourth-order valence-corrected chi connectivity index (χ4v) is 4.09. The molecule has 0 aliphatic carbocycles. The van der Waals surface area contributed by atoms with Gasteiger partial charge in [-0.25, -0.2) is 14.6 Å². The molecule has 0 saturated carbocycles. The highest BCUT2D eigenvalue weighted by Crippen LogP contribution is 2.23. The van der Waals surface area contributed by atoms with Crippen LogP contribution in [0.15, 0.2) is 54.6 Å². The monoisotopic (exact) mass is 534 g/mol. The van der Waals surface area contributed by atoms with E-state index in [1.807, 2.05) is 24.3 Å². The lowest BCUT2D eigenvalue weighted by molar-refractivity contribution is -0.131. The standard InChI is InChI=1S/C28H30N4O7/c1-3-38-28(36)32-14-12-31(13-15-32)24(33)17-29-25(34)22-16-21-6-4-5-7-23(21)30-26(22)39-18-19-8-10-20(11-9-19)27(35)37-2/h4-11,16H,3,12-15,17-18H2,1-2H3,(H,29,34). The third kappa shape index (κ3) is 6.81. The van der Waals surface area contributed by atoms with Crippen LogP contribution in [-0.4, -0.2) is 85.1 Å². The van der Waals surface area contributed by atoms with Crippen molar-refractivity contribution < 1.29 is 33.4 Å². The maximum Gasteiger partial charge on any atom is 0.409 e. The normalized spacial score (nSPS) is 13.1. The molecular weight excluding hydrogens is 504 g/mol. The molecule has 204 valence electrons. The fraction of sp³-hybridized carbons (Fsp3) is 0.321. The Balaban J connectivity index is 1.41. The molecule has 0 unspecified atom stereocenters. The highest BCUT2D eigenvalue weighted by atomic mass is 16.6. The zero-order valence-corrected chi connectivity index (χ0v) is 21.8. The van der Waals surface area contributed by atoms with Crippen LogP contribution in [0.4, 0.5) is 4.79 Å². The van der Waals surface area contributed by atoms with E-state index in [0.29, 0.717) is 43.9 Å². The number of carbonyl (C=O) groups excluding carboxylic acids is 4. The number of aromatic nitrogens is 1. The van der Waals surface area contributed by atoms with Crippen molar-refractivity contribution in [1.82, 2.24) is 20.1 Å². The third-order valence-corrected chi connectivity index (χ3v) is 6.24. The quantitative estimate of drug-likeness (QED) is 0.437. The van der Waals surface area contributed by atoms with Gasteiger partial charge < -0.3 is 29.3 Å². The Bertz CT molecular complexity index is 1350. The fourth-order valence-electron chi connectivity index (χ4n) is 4.09. The molecular formula is C28H30N4O7. The number of rotatable bonds is 8. The van der Waals surface area contributed by atoms with Gasteiger partial charge in [-0.3, -0.25) is 9.59 Å². The van der Waals surface area contributed by atoms with Gasteiger partial charge in [-0.15, -0.1) is 0 Å². The van der Waals surface area contributed by atoms with E-state index in [2.05, 4.69) is 10.3 Å². The van der Waals surface area contributed by atoms with Gasteiger partial charge in [0.25, 0.3) is 5.91 Å². The Labute approximate surface area is 225 Å². The maximum atomic E-state index is 13.2. The number of hydrogen-bond acceptors (Lipinski definition) is 8. The number of amides is 3. The summed E-state index contributed by atoms with van der Waals surface area (Å²) in [6.07, 6.45) is -0.395. The highest BCUT2D eigenvalue weighted by Gasteiger charge is 2.25. The van der Waals surface area contributed by atoms with Gasteiger partial charge in [0.15, 0.2) is 0 Å². The number of pyridine rings is 1. The number of nitrogens with one attached hydrogen (secondary N) is 1. The Morgan fingerprint density at radius 3 is 2.33 bits per heavy atom. The molecule has 1 aliphatic heterocycles. The Morgan fingerprint density at radius 1 is 0.949 bits per heavy atom. The van der Waals surface area contributed by atoms with Crippen LogP contribution in [0.2, 0.25) is 0 Å². The molecule has 2 aromatic carbocycles. The molecule has 1 N–H and O–H groups in total.